The van der Waals surface area contributed by atoms with Crippen LogP contribution in [0.4, 0.5) is 4.39 Å². The molecule has 1 saturated carbocycles. The summed E-state index contributed by atoms with van der Waals surface area (Å²) < 4.78 is 27.7. The van der Waals surface area contributed by atoms with E-state index in [1.807, 2.05) is 12.1 Å². The van der Waals surface area contributed by atoms with Gasteiger partial charge in [0.2, 0.25) is 0 Å². The summed E-state index contributed by atoms with van der Waals surface area (Å²) in [7, 11) is 0. The van der Waals surface area contributed by atoms with Gasteiger partial charge in [0.1, 0.15) is 23.9 Å². The van der Waals surface area contributed by atoms with Gasteiger partial charge in [-0.05, 0) is 62.6 Å². The van der Waals surface area contributed by atoms with Crippen molar-refractivity contribution >= 4 is 32.8 Å². The molecule has 0 atom stereocenters. The molecule has 0 radical (unpaired) electrons. The summed E-state index contributed by atoms with van der Waals surface area (Å²) in [5.74, 6) is -0.368. The van der Waals surface area contributed by atoms with Gasteiger partial charge in [0, 0.05) is 15.4 Å². The number of fused-ring (bicyclic) bond motifs is 1. The Kier molecular flexibility index (Phi) is 5.85. The Morgan fingerprint density at radius 1 is 1.28 bits per heavy atom. The van der Waals surface area contributed by atoms with Gasteiger partial charge < -0.3 is 9.47 Å². The Balaban J connectivity index is 1.60. The minimum Gasteiger partial charge on any atom is -0.487 e. The first-order chi connectivity index (χ1) is 14.0. The lowest BCUT2D eigenvalue weighted by molar-refractivity contribution is -0.142. The summed E-state index contributed by atoms with van der Waals surface area (Å²) in [6.45, 7) is 2.25. The third-order valence-electron chi connectivity index (χ3n) is 5.19. The van der Waals surface area contributed by atoms with Crippen LogP contribution in [0.1, 0.15) is 43.5 Å². The number of halogens is 2. The number of esters is 1. The van der Waals surface area contributed by atoms with Crippen LogP contribution in [0.2, 0.25) is 0 Å². The van der Waals surface area contributed by atoms with Crippen LogP contribution in [0, 0.1) is 5.82 Å². The van der Waals surface area contributed by atoms with E-state index in [0.29, 0.717) is 17.4 Å². The lowest BCUT2D eigenvalue weighted by Crippen LogP contribution is -2.18. The summed E-state index contributed by atoms with van der Waals surface area (Å²) in [5.41, 5.74) is 2.37. The third kappa shape index (κ3) is 4.29. The molecule has 152 valence electrons. The van der Waals surface area contributed by atoms with Crippen LogP contribution in [0.15, 0.2) is 40.9 Å². The molecule has 0 bridgehead atoms. The summed E-state index contributed by atoms with van der Waals surface area (Å²) >= 11 is 3.53. The van der Waals surface area contributed by atoms with Crippen LogP contribution in [0.3, 0.4) is 0 Å². The first kappa shape index (κ1) is 19.9. The fraction of sp³-hybridized carbons (Fsp3) is 0.364. The highest BCUT2D eigenvalue weighted by Gasteiger charge is 2.24. The third-order valence-corrected chi connectivity index (χ3v) is 5.69. The summed E-state index contributed by atoms with van der Waals surface area (Å²) in [4.78, 5) is 11.9. The molecule has 0 N–H and O–H groups in total. The van der Waals surface area contributed by atoms with Gasteiger partial charge in [-0.1, -0.05) is 15.9 Å². The van der Waals surface area contributed by atoms with Crippen molar-refractivity contribution < 1.29 is 18.7 Å². The Morgan fingerprint density at radius 3 is 2.83 bits per heavy atom. The molecule has 0 amide bonds. The monoisotopic (exact) mass is 460 g/mol. The van der Waals surface area contributed by atoms with Crippen LogP contribution in [-0.2, 0) is 22.6 Å². The maximum atomic E-state index is 13.7. The Morgan fingerprint density at radius 2 is 2.10 bits per heavy atom. The van der Waals surface area contributed by atoms with Gasteiger partial charge in [-0.3, -0.25) is 9.48 Å². The summed E-state index contributed by atoms with van der Waals surface area (Å²) in [6, 6.07) is 10.7. The normalized spacial score (nSPS) is 14.0. The largest absolute Gasteiger partial charge is 0.487 e. The second kappa shape index (κ2) is 8.53. The zero-order chi connectivity index (χ0) is 20.4. The molecule has 1 heterocycles. The van der Waals surface area contributed by atoms with E-state index in [1.54, 1.807) is 13.0 Å². The predicted molar refractivity (Wildman–Crippen MR) is 111 cm³/mol. The molecule has 3 aromatic rings. The molecule has 1 aliphatic rings. The van der Waals surface area contributed by atoms with Crippen molar-refractivity contribution in [1.29, 1.82) is 0 Å². The lowest BCUT2D eigenvalue weighted by atomic mass is 9.93. The zero-order valence-electron chi connectivity index (χ0n) is 16.2. The number of hydrogen-bond acceptors (Lipinski definition) is 4. The highest BCUT2D eigenvalue weighted by Crippen LogP contribution is 2.35. The predicted octanol–water partition coefficient (Wildman–Crippen LogP) is 5.35. The molecule has 0 unspecified atom stereocenters. The van der Waals surface area contributed by atoms with Gasteiger partial charge in [0.05, 0.1) is 24.6 Å². The average molecular weight is 461 g/mol. The quantitative estimate of drug-likeness (QED) is 0.446. The molecule has 0 spiro atoms. The number of ether oxygens (including phenoxy) is 2. The number of carbonyl (C=O) groups is 1. The topological polar surface area (TPSA) is 53.4 Å². The lowest BCUT2D eigenvalue weighted by Gasteiger charge is -2.26. The highest BCUT2D eigenvalue weighted by molar-refractivity contribution is 9.10. The number of nitrogens with zero attached hydrogens (tertiary/aromatic N) is 2. The van der Waals surface area contributed by atoms with Gasteiger partial charge in [0.15, 0.2) is 0 Å². The molecule has 1 fully saturated rings. The Bertz CT molecular complexity index is 1050. The molecule has 0 saturated heterocycles. The molecule has 5 nitrogen and oxygen atoms in total. The second-order valence-electron chi connectivity index (χ2n) is 7.16. The van der Waals surface area contributed by atoms with Crippen LogP contribution >= 0.6 is 15.9 Å². The van der Waals surface area contributed by atoms with Gasteiger partial charge in [-0.2, -0.15) is 5.10 Å². The number of hydrogen-bond donors (Lipinski definition) is 0. The van der Waals surface area contributed by atoms with Crippen molar-refractivity contribution in [2.75, 3.05) is 6.61 Å². The van der Waals surface area contributed by atoms with Gasteiger partial charge in [-0.25, -0.2) is 4.39 Å². The van der Waals surface area contributed by atoms with Crippen molar-refractivity contribution in [3.8, 4) is 5.75 Å². The Hall–Kier alpha value is -2.41. The molecular formula is C22H22BrFN2O3. The van der Waals surface area contributed by atoms with Crippen LogP contribution in [-0.4, -0.2) is 22.4 Å². The summed E-state index contributed by atoms with van der Waals surface area (Å²) in [6.07, 6.45) is 3.45. The Labute approximate surface area is 176 Å². The molecular weight excluding hydrogens is 439 g/mol. The molecule has 2 aromatic carbocycles. The smallest absolute Gasteiger partial charge is 0.310 e. The molecule has 4 rings (SSSR count). The van der Waals surface area contributed by atoms with E-state index in [9.17, 15) is 9.18 Å². The van der Waals surface area contributed by atoms with E-state index >= 15 is 0 Å². The van der Waals surface area contributed by atoms with Gasteiger partial charge in [0.25, 0.3) is 0 Å². The fourth-order valence-electron chi connectivity index (χ4n) is 3.53. The SMILES string of the molecule is CCOC(=O)Cc1cc(F)ccc1OCc1nn(C2CCC2)c2ccc(Br)cc12. The summed E-state index contributed by atoms with van der Waals surface area (Å²) in [5, 5.41) is 5.84. The van der Waals surface area contributed by atoms with E-state index < -0.39 is 11.8 Å². The number of rotatable bonds is 7. The van der Waals surface area contributed by atoms with E-state index in [-0.39, 0.29) is 19.6 Å². The molecule has 7 heteroatoms. The van der Waals surface area contributed by atoms with Crippen molar-refractivity contribution in [1.82, 2.24) is 9.78 Å². The van der Waals surface area contributed by atoms with Crippen molar-refractivity contribution in [3.05, 3.63) is 57.9 Å². The maximum Gasteiger partial charge on any atom is 0.310 e. The minimum absolute atomic E-state index is 0.0380. The fourth-order valence-corrected chi connectivity index (χ4v) is 3.89. The first-order valence-electron chi connectivity index (χ1n) is 9.78. The van der Waals surface area contributed by atoms with Crippen molar-refractivity contribution in [2.24, 2.45) is 0 Å². The van der Waals surface area contributed by atoms with E-state index in [0.717, 1.165) is 33.9 Å². The van der Waals surface area contributed by atoms with Crippen molar-refractivity contribution in [2.45, 2.75) is 45.3 Å². The van der Waals surface area contributed by atoms with Gasteiger partial charge >= 0.3 is 5.97 Å². The van der Waals surface area contributed by atoms with E-state index in [2.05, 4.69) is 26.7 Å². The highest BCUT2D eigenvalue weighted by atomic mass is 79.9. The zero-order valence-corrected chi connectivity index (χ0v) is 17.7. The number of benzene rings is 2. The molecule has 29 heavy (non-hydrogen) atoms. The standard InChI is InChI=1S/C22H22BrFN2O3/c1-2-28-22(27)11-14-10-16(24)7-9-21(14)29-13-19-18-12-15(23)6-8-20(18)26(25-19)17-4-3-5-17/h6-10,12,17H,2-5,11,13H2,1H3. The number of carbonyl (C=O) groups excluding carboxylic acids is 1. The minimum atomic E-state index is -0.416. The molecule has 1 aromatic heterocycles. The first-order valence-corrected chi connectivity index (χ1v) is 10.6. The van der Waals surface area contributed by atoms with Crippen LogP contribution in [0.5, 0.6) is 5.75 Å². The van der Waals surface area contributed by atoms with Crippen LogP contribution < -0.4 is 4.74 Å². The van der Waals surface area contributed by atoms with E-state index in [1.165, 1.54) is 18.6 Å². The molecule has 0 aliphatic heterocycles. The van der Waals surface area contributed by atoms with Gasteiger partial charge in [-0.15, -0.1) is 0 Å². The maximum absolute atomic E-state index is 13.7. The number of aromatic nitrogens is 2. The van der Waals surface area contributed by atoms with Crippen molar-refractivity contribution in [3.63, 3.8) is 0 Å². The average Bonchev–Trinajstić information content (AvgIpc) is 2.97. The van der Waals surface area contributed by atoms with Crippen LogP contribution in [0.25, 0.3) is 10.9 Å². The molecule has 1 aliphatic carbocycles. The van der Waals surface area contributed by atoms with E-state index in [4.69, 9.17) is 14.6 Å². The second-order valence-corrected chi connectivity index (χ2v) is 8.08.